The summed E-state index contributed by atoms with van der Waals surface area (Å²) in [7, 11) is 0. The lowest BCUT2D eigenvalue weighted by atomic mass is 10.0. The standard InChI is InChI=1S/C15H23NO3/c1-5-19-9-13(10(2)3)16-15(18)12-6-7-14(17)11(4)8-12/h6-8,10,13,17H,5,9H2,1-4H3,(H,16,18). The number of carbonyl (C=O) groups excluding carboxylic acids is 1. The molecule has 4 heteroatoms. The van der Waals surface area contributed by atoms with E-state index in [0.29, 0.717) is 30.3 Å². The number of amides is 1. The molecule has 0 aliphatic rings. The summed E-state index contributed by atoms with van der Waals surface area (Å²) in [5.74, 6) is 0.362. The van der Waals surface area contributed by atoms with Crippen molar-refractivity contribution in [1.82, 2.24) is 5.32 Å². The predicted molar refractivity (Wildman–Crippen MR) is 75.4 cm³/mol. The lowest BCUT2D eigenvalue weighted by Crippen LogP contribution is -2.41. The van der Waals surface area contributed by atoms with Gasteiger partial charge in [0.05, 0.1) is 12.6 Å². The summed E-state index contributed by atoms with van der Waals surface area (Å²) in [6.07, 6.45) is 0. The number of aryl methyl sites for hydroxylation is 1. The summed E-state index contributed by atoms with van der Waals surface area (Å²) >= 11 is 0. The molecule has 1 unspecified atom stereocenters. The Morgan fingerprint density at radius 3 is 2.63 bits per heavy atom. The van der Waals surface area contributed by atoms with Crippen LogP contribution in [-0.2, 0) is 4.74 Å². The predicted octanol–water partition coefficient (Wildman–Crippen LogP) is 2.49. The van der Waals surface area contributed by atoms with E-state index >= 15 is 0 Å². The third-order valence-electron chi connectivity index (χ3n) is 3.08. The van der Waals surface area contributed by atoms with Crippen molar-refractivity contribution in [2.45, 2.75) is 33.7 Å². The summed E-state index contributed by atoms with van der Waals surface area (Å²) in [5.41, 5.74) is 1.25. The van der Waals surface area contributed by atoms with Crippen LogP contribution in [0.3, 0.4) is 0 Å². The molecule has 0 heterocycles. The average molecular weight is 265 g/mol. The van der Waals surface area contributed by atoms with Gasteiger partial charge < -0.3 is 15.2 Å². The molecule has 2 N–H and O–H groups in total. The minimum atomic E-state index is -0.137. The van der Waals surface area contributed by atoms with Crippen LogP contribution in [0.1, 0.15) is 36.7 Å². The summed E-state index contributed by atoms with van der Waals surface area (Å²) in [5, 5.41) is 12.4. The first-order valence-corrected chi connectivity index (χ1v) is 6.64. The third-order valence-corrected chi connectivity index (χ3v) is 3.08. The van der Waals surface area contributed by atoms with Gasteiger partial charge in [0.1, 0.15) is 5.75 Å². The quantitative estimate of drug-likeness (QED) is 0.830. The molecule has 0 aliphatic carbocycles. The average Bonchev–Trinajstić information content (AvgIpc) is 2.37. The van der Waals surface area contributed by atoms with Gasteiger partial charge in [0, 0.05) is 12.2 Å². The summed E-state index contributed by atoms with van der Waals surface area (Å²) in [6, 6.07) is 4.83. The molecular weight excluding hydrogens is 242 g/mol. The van der Waals surface area contributed by atoms with Gasteiger partial charge in [0.15, 0.2) is 0 Å². The highest BCUT2D eigenvalue weighted by Gasteiger charge is 2.17. The number of aromatic hydroxyl groups is 1. The van der Waals surface area contributed by atoms with Gasteiger partial charge in [-0.3, -0.25) is 4.79 Å². The molecule has 0 saturated heterocycles. The van der Waals surface area contributed by atoms with E-state index in [1.54, 1.807) is 19.1 Å². The van der Waals surface area contributed by atoms with Gasteiger partial charge in [-0.05, 0) is 43.5 Å². The molecule has 1 atom stereocenters. The number of ether oxygens (including phenoxy) is 1. The Labute approximate surface area is 114 Å². The largest absolute Gasteiger partial charge is 0.508 e. The van der Waals surface area contributed by atoms with Crippen molar-refractivity contribution < 1.29 is 14.6 Å². The Morgan fingerprint density at radius 1 is 1.42 bits per heavy atom. The van der Waals surface area contributed by atoms with Crippen LogP contribution in [0.15, 0.2) is 18.2 Å². The van der Waals surface area contributed by atoms with Crippen molar-refractivity contribution in [2.75, 3.05) is 13.2 Å². The number of hydrogen-bond acceptors (Lipinski definition) is 3. The van der Waals surface area contributed by atoms with Crippen LogP contribution in [-0.4, -0.2) is 30.3 Å². The Bertz CT molecular complexity index is 429. The van der Waals surface area contributed by atoms with Gasteiger partial charge in [0.2, 0.25) is 0 Å². The van der Waals surface area contributed by atoms with Crippen molar-refractivity contribution in [3.63, 3.8) is 0 Å². The van der Waals surface area contributed by atoms with Crippen molar-refractivity contribution >= 4 is 5.91 Å². The molecule has 0 aliphatic heterocycles. The number of nitrogens with one attached hydrogen (secondary N) is 1. The Kier molecular flexibility index (Phi) is 5.83. The first-order chi connectivity index (χ1) is 8.95. The SMILES string of the molecule is CCOCC(NC(=O)c1ccc(O)c(C)c1)C(C)C. The fourth-order valence-corrected chi connectivity index (χ4v) is 1.69. The minimum Gasteiger partial charge on any atom is -0.508 e. The highest BCUT2D eigenvalue weighted by Crippen LogP contribution is 2.17. The second kappa shape index (κ2) is 7.14. The van der Waals surface area contributed by atoms with Crippen molar-refractivity contribution in [1.29, 1.82) is 0 Å². The number of hydrogen-bond donors (Lipinski definition) is 2. The highest BCUT2D eigenvalue weighted by molar-refractivity contribution is 5.94. The molecule has 0 saturated carbocycles. The van der Waals surface area contributed by atoms with E-state index in [4.69, 9.17) is 4.74 Å². The topological polar surface area (TPSA) is 58.6 Å². The molecule has 0 fully saturated rings. The fourth-order valence-electron chi connectivity index (χ4n) is 1.69. The molecule has 19 heavy (non-hydrogen) atoms. The number of phenols is 1. The van der Waals surface area contributed by atoms with Crippen LogP contribution in [0.4, 0.5) is 0 Å². The summed E-state index contributed by atoms with van der Waals surface area (Å²) in [4.78, 5) is 12.1. The maximum absolute atomic E-state index is 12.1. The number of benzene rings is 1. The maximum atomic E-state index is 12.1. The monoisotopic (exact) mass is 265 g/mol. The Balaban J connectivity index is 2.73. The highest BCUT2D eigenvalue weighted by atomic mass is 16.5. The molecule has 1 aromatic rings. The second-order valence-electron chi connectivity index (χ2n) is 4.98. The Hall–Kier alpha value is -1.55. The molecule has 0 bridgehead atoms. The molecule has 0 radical (unpaired) electrons. The zero-order valence-electron chi connectivity index (χ0n) is 12.1. The van der Waals surface area contributed by atoms with Crippen LogP contribution in [0, 0.1) is 12.8 Å². The van der Waals surface area contributed by atoms with Gasteiger partial charge in [-0.1, -0.05) is 13.8 Å². The van der Waals surface area contributed by atoms with Crippen LogP contribution in [0.2, 0.25) is 0 Å². The van der Waals surface area contributed by atoms with E-state index in [1.165, 1.54) is 6.07 Å². The molecule has 0 spiro atoms. The summed E-state index contributed by atoms with van der Waals surface area (Å²) in [6.45, 7) is 8.95. The summed E-state index contributed by atoms with van der Waals surface area (Å²) < 4.78 is 5.38. The normalized spacial score (nSPS) is 12.5. The first-order valence-electron chi connectivity index (χ1n) is 6.64. The molecule has 0 aromatic heterocycles. The minimum absolute atomic E-state index is 0.0124. The van der Waals surface area contributed by atoms with Gasteiger partial charge in [-0.15, -0.1) is 0 Å². The van der Waals surface area contributed by atoms with Gasteiger partial charge in [-0.2, -0.15) is 0 Å². The van der Waals surface area contributed by atoms with E-state index in [-0.39, 0.29) is 17.7 Å². The van der Waals surface area contributed by atoms with Crippen molar-refractivity contribution in [3.8, 4) is 5.75 Å². The lowest BCUT2D eigenvalue weighted by molar-refractivity contribution is 0.0806. The fraction of sp³-hybridized carbons (Fsp3) is 0.533. The van der Waals surface area contributed by atoms with Crippen LogP contribution in [0.25, 0.3) is 0 Å². The van der Waals surface area contributed by atoms with Crippen LogP contribution >= 0.6 is 0 Å². The molecule has 1 aromatic carbocycles. The number of carbonyl (C=O) groups is 1. The molecule has 1 amide bonds. The van der Waals surface area contributed by atoms with Crippen molar-refractivity contribution in [2.24, 2.45) is 5.92 Å². The van der Waals surface area contributed by atoms with Gasteiger partial charge >= 0.3 is 0 Å². The Morgan fingerprint density at radius 2 is 2.11 bits per heavy atom. The zero-order valence-corrected chi connectivity index (χ0v) is 12.1. The van der Waals surface area contributed by atoms with E-state index in [9.17, 15) is 9.90 Å². The molecule has 1 rings (SSSR count). The van der Waals surface area contributed by atoms with Gasteiger partial charge in [0.25, 0.3) is 5.91 Å². The van der Waals surface area contributed by atoms with Crippen molar-refractivity contribution in [3.05, 3.63) is 29.3 Å². The van der Waals surface area contributed by atoms with E-state index in [1.807, 2.05) is 20.8 Å². The van der Waals surface area contributed by atoms with E-state index < -0.39 is 0 Å². The number of rotatable bonds is 6. The molecule has 106 valence electrons. The van der Waals surface area contributed by atoms with E-state index in [2.05, 4.69) is 5.32 Å². The molecular formula is C15H23NO3. The first kappa shape index (κ1) is 15.5. The second-order valence-corrected chi connectivity index (χ2v) is 4.98. The number of phenolic OH excluding ortho intramolecular Hbond substituents is 1. The van der Waals surface area contributed by atoms with E-state index in [0.717, 1.165) is 0 Å². The maximum Gasteiger partial charge on any atom is 0.251 e. The zero-order chi connectivity index (χ0) is 14.4. The van der Waals surface area contributed by atoms with Crippen LogP contribution in [0.5, 0.6) is 5.75 Å². The smallest absolute Gasteiger partial charge is 0.251 e. The molecule has 4 nitrogen and oxygen atoms in total. The van der Waals surface area contributed by atoms with Crippen LogP contribution < -0.4 is 5.32 Å². The lowest BCUT2D eigenvalue weighted by Gasteiger charge is -2.22. The third kappa shape index (κ3) is 4.56. The van der Waals surface area contributed by atoms with Gasteiger partial charge in [-0.25, -0.2) is 0 Å².